The van der Waals surface area contributed by atoms with Crippen molar-refractivity contribution in [3.8, 4) is 0 Å². The van der Waals surface area contributed by atoms with E-state index in [0.717, 1.165) is 0 Å². The van der Waals surface area contributed by atoms with Gasteiger partial charge in [-0.1, -0.05) is 6.07 Å². The molecule has 0 fully saturated rings. The van der Waals surface area contributed by atoms with Crippen LogP contribution >= 0.6 is 0 Å². The van der Waals surface area contributed by atoms with E-state index in [1.807, 2.05) is 0 Å². The zero-order valence-electron chi connectivity index (χ0n) is 7.56. The first-order valence-electron chi connectivity index (χ1n) is 4.19. The second-order valence-corrected chi connectivity index (χ2v) is 2.95. The first-order valence-corrected chi connectivity index (χ1v) is 4.19. The molecule has 0 spiro atoms. The van der Waals surface area contributed by atoms with Crippen molar-refractivity contribution in [3.05, 3.63) is 34.4 Å². The predicted octanol–water partition coefficient (Wildman–Crippen LogP) is 2.59. The molecular weight excluding hydrogens is 193 g/mol. The van der Waals surface area contributed by atoms with E-state index in [2.05, 4.69) is 0 Å². The first kappa shape index (κ1) is 11.0. The number of hydrogen-bond acceptors (Lipinski definition) is 1. The summed E-state index contributed by atoms with van der Waals surface area (Å²) in [7, 11) is 0. The van der Waals surface area contributed by atoms with Crippen molar-refractivity contribution in [1.82, 2.24) is 0 Å². The van der Waals surface area contributed by atoms with E-state index in [9.17, 15) is 13.2 Å². The Bertz CT molecular complexity index is 254. The predicted molar refractivity (Wildman–Crippen MR) is 46.8 cm³/mol. The third-order valence-electron chi connectivity index (χ3n) is 2.12. The van der Waals surface area contributed by atoms with Gasteiger partial charge >= 0.3 is 0 Å². The number of benzene rings is 1. The molecule has 1 aromatic carbocycles. The minimum absolute atomic E-state index is 0.150. The highest BCUT2D eigenvalue weighted by atomic mass is 19.1. The zero-order valence-corrected chi connectivity index (χ0v) is 7.56. The van der Waals surface area contributed by atoms with Gasteiger partial charge in [0.2, 0.25) is 0 Å². The van der Waals surface area contributed by atoms with Crippen LogP contribution in [0.5, 0.6) is 0 Å². The van der Waals surface area contributed by atoms with Crippen LogP contribution in [0.15, 0.2) is 12.1 Å². The lowest BCUT2D eigenvalue weighted by Gasteiger charge is -2.09. The van der Waals surface area contributed by atoms with Crippen LogP contribution in [0.4, 0.5) is 13.2 Å². The van der Waals surface area contributed by atoms with E-state index in [1.54, 1.807) is 0 Å². The van der Waals surface area contributed by atoms with E-state index in [0.29, 0.717) is 5.56 Å². The van der Waals surface area contributed by atoms with Gasteiger partial charge in [0.05, 0.1) is 6.61 Å². The third-order valence-corrected chi connectivity index (χ3v) is 2.12. The Kier molecular flexibility index (Phi) is 3.95. The van der Waals surface area contributed by atoms with Crippen LogP contribution in [0, 0.1) is 0 Å². The summed E-state index contributed by atoms with van der Waals surface area (Å²) in [6.45, 7) is -2.77. The summed E-state index contributed by atoms with van der Waals surface area (Å²) in [5, 5.41) is 8.85. The van der Waals surface area contributed by atoms with Crippen LogP contribution in [0.2, 0.25) is 0 Å². The fraction of sp³-hybridized carbons (Fsp3) is 0.400. The number of aliphatic hydroxyl groups is 1. The van der Waals surface area contributed by atoms with Crippen LogP contribution in [0.25, 0.3) is 0 Å². The Hall–Kier alpha value is -1.03. The summed E-state index contributed by atoms with van der Waals surface area (Å²) in [6.07, 6.45) is 0. The minimum atomic E-state index is -0.821. The van der Waals surface area contributed by atoms with Crippen molar-refractivity contribution in [1.29, 1.82) is 0 Å². The second kappa shape index (κ2) is 5.00. The maximum absolute atomic E-state index is 12.4. The quantitative estimate of drug-likeness (QED) is 0.799. The topological polar surface area (TPSA) is 20.2 Å². The van der Waals surface area contributed by atoms with E-state index in [1.165, 1.54) is 12.1 Å². The molecule has 4 heteroatoms. The van der Waals surface area contributed by atoms with Gasteiger partial charge in [-0.25, -0.2) is 13.2 Å². The van der Waals surface area contributed by atoms with E-state index < -0.39 is 20.0 Å². The molecule has 14 heavy (non-hydrogen) atoms. The van der Waals surface area contributed by atoms with Crippen molar-refractivity contribution in [2.45, 2.75) is 26.6 Å². The molecule has 0 bridgehead atoms. The van der Waals surface area contributed by atoms with Crippen LogP contribution in [-0.4, -0.2) is 5.11 Å². The van der Waals surface area contributed by atoms with Gasteiger partial charge in [-0.3, -0.25) is 0 Å². The van der Waals surface area contributed by atoms with Gasteiger partial charge in [0.15, 0.2) is 0 Å². The number of halogens is 3. The standard InChI is InChI=1S/C10H11F3O/c11-3-7-1-9(5-13)10(6-14)2-8(7)4-12/h1-2,14H,3-6H2. The molecular formula is C10H11F3O. The molecule has 0 radical (unpaired) electrons. The highest BCUT2D eigenvalue weighted by molar-refractivity contribution is 5.37. The zero-order chi connectivity index (χ0) is 10.6. The van der Waals surface area contributed by atoms with E-state index in [4.69, 9.17) is 5.11 Å². The molecule has 1 aromatic rings. The average Bonchev–Trinajstić information content (AvgIpc) is 2.26. The smallest absolute Gasteiger partial charge is 0.115 e. The Balaban J connectivity index is 3.20. The van der Waals surface area contributed by atoms with Crippen LogP contribution in [-0.2, 0) is 26.6 Å². The first-order chi connectivity index (χ1) is 6.76. The Morgan fingerprint density at radius 2 is 1.14 bits per heavy atom. The second-order valence-electron chi connectivity index (χ2n) is 2.95. The molecule has 0 aliphatic carbocycles. The molecule has 0 aromatic heterocycles. The third kappa shape index (κ3) is 2.07. The van der Waals surface area contributed by atoms with Gasteiger partial charge < -0.3 is 5.11 Å². The molecule has 0 saturated carbocycles. The largest absolute Gasteiger partial charge is 0.392 e. The van der Waals surface area contributed by atoms with Crippen molar-refractivity contribution in [2.24, 2.45) is 0 Å². The number of rotatable bonds is 4. The van der Waals surface area contributed by atoms with Crippen LogP contribution < -0.4 is 0 Å². The molecule has 1 nitrogen and oxygen atoms in total. The van der Waals surface area contributed by atoms with Crippen molar-refractivity contribution < 1.29 is 18.3 Å². The van der Waals surface area contributed by atoms with Crippen LogP contribution in [0.1, 0.15) is 22.3 Å². The van der Waals surface area contributed by atoms with Gasteiger partial charge in [-0.15, -0.1) is 0 Å². The van der Waals surface area contributed by atoms with Crippen molar-refractivity contribution in [3.63, 3.8) is 0 Å². The lowest BCUT2D eigenvalue weighted by atomic mass is 10.0. The molecule has 0 aliphatic rings. The van der Waals surface area contributed by atoms with Crippen molar-refractivity contribution in [2.75, 3.05) is 0 Å². The normalized spacial score (nSPS) is 10.6. The van der Waals surface area contributed by atoms with Gasteiger partial charge in [-0.2, -0.15) is 0 Å². The SMILES string of the molecule is OCc1cc(CF)c(CF)cc1CF. The summed E-state index contributed by atoms with van der Waals surface area (Å²) in [5.41, 5.74) is 0.862. The number of aliphatic hydroxyl groups excluding tert-OH is 1. The Morgan fingerprint density at radius 1 is 0.786 bits per heavy atom. The Morgan fingerprint density at radius 3 is 1.50 bits per heavy atom. The van der Waals surface area contributed by atoms with Crippen molar-refractivity contribution >= 4 is 0 Å². The summed E-state index contributed by atoms with van der Waals surface area (Å²) in [6, 6.07) is 2.57. The lowest BCUT2D eigenvalue weighted by molar-refractivity contribution is 0.278. The fourth-order valence-corrected chi connectivity index (χ4v) is 1.31. The lowest BCUT2D eigenvalue weighted by Crippen LogP contribution is -1.98. The molecule has 0 saturated heterocycles. The minimum Gasteiger partial charge on any atom is -0.392 e. The summed E-state index contributed by atoms with van der Waals surface area (Å²) >= 11 is 0. The molecule has 0 heterocycles. The van der Waals surface area contributed by atoms with Gasteiger partial charge in [0, 0.05) is 0 Å². The molecule has 0 unspecified atom stereocenters. The number of hydrogen-bond donors (Lipinski definition) is 1. The van der Waals surface area contributed by atoms with Gasteiger partial charge in [-0.05, 0) is 28.3 Å². The van der Waals surface area contributed by atoms with Gasteiger partial charge in [0.1, 0.15) is 20.0 Å². The summed E-state index contributed by atoms with van der Waals surface area (Å²) < 4.78 is 37.2. The van der Waals surface area contributed by atoms with E-state index in [-0.39, 0.29) is 23.3 Å². The molecule has 1 rings (SSSR count). The summed E-state index contributed by atoms with van der Waals surface area (Å²) in [5.74, 6) is 0. The molecule has 0 aliphatic heterocycles. The highest BCUT2D eigenvalue weighted by Crippen LogP contribution is 2.20. The maximum Gasteiger partial charge on any atom is 0.115 e. The number of alkyl halides is 3. The fourth-order valence-electron chi connectivity index (χ4n) is 1.31. The molecule has 78 valence electrons. The molecule has 0 amide bonds. The van der Waals surface area contributed by atoms with Crippen LogP contribution in [0.3, 0.4) is 0 Å². The summed E-state index contributed by atoms with van der Waals surface area (Å²) in [4.78, 5) is 0. The Labute approximate surface area is 80.2 Å². The molecule has 0 atom stereocenters. The maximum atomic E-state index is 12.4. The average molecular weight is 204 g/mol. The van der Waals surface area contributed by atoms with E-state index >= 15 is 0 Å². The highest BCUT2D eigenvalue weighted by Gasteiger charge is 2.09. The monoisotopic (exact) mass is 204 g/mol. The van der Waals surface area contributed by atoms with Gasteiger partial charge in [0.25, 0.3) is 0 Å². The molecule has 1 N–H and O–H groups in total.